The monoisotopic (exact) mass is 439 g/mol. The Morgan fingerprint density at radius 3 is 2.75 bits per heavy atom. The Hall–Kier alpha value is -2.41. The molecule has 1 N–H and O–H groups in total. The molecule has 3 amide bonds. The molecular formula is C25H33N3O4. The van der Waals surface area contributed by atoms with Crippen molar-refractivity contribution in [3.8, 4) is 5.75 Å². The number of carbonyl (C=O) groups is 3. The molecule has 1 saturated carbocycles. The molecule has 0 bridgehead atoms. The van der Waals surface area contributed by atoms with Gasteiger partial charge in [-0.1, -0.05) is 13.3 Å². The molecule has 1 aromatic carbocycles. The molecule has 1 aromatic rings. The van der Waals surface area contributed by atoms with Gasteiger partial charge < -0.3 is 9.64 Å². The largest absolute Gasteiger partial charge is 0.492 e. The van der Waals surface area contributed by atoms with E-state index in [0.717, 1.165) is 23.1 Å². The lowest BCUT2D eigenvalue weighted by Gasteiger charge is -2.42. The summed E-state index contributed by atoms with van der Waals surface area (Å²) in [7, 11) is 0. The Bertz CT molecular complexity index is 910. The summed E-state index contributed by atoms with van der Waals surface area (Å²) in [5.74, 6) is 1.72. The van der Waals surface area contributed by atoms with Crippen LogP contribution in [0.1, 0.15) is 67.8 Å². The van der Waals surface area contributed by atoms with E-state index in [4.69, 9.17) is 4.74 Å². The lowest BCUT2D eigenvalue weighted by atomic mass is 9.75. The Labute approximate surface area is 189 Å². The Morgan fingerprint density at radius 1 is 1.12 bits per heavy atom. The van der Waals surface area contributed by atoms with Crippen molar-refractivity contribution < 1.29 is 19.1 Å². The summed E-state index contributed by atoms with van der Waals surface area (Å²) in [6, 6.07) is 5.50. The number of ether oxygens (including phenoxy) is 1. The third kappa shape index (κ3) is 4.27. The number of fused-ring (bicyclic) bond motifs is 1. The second-order valence-electron chi connectivity index (χ2n) is 10.1. The molecule has 0 aromatic heterocycles. The van der Waals surface area contributed by atoms with Gasteiger partial charge in [0.2, 0.25) is 11.8 Å². The molecule has 7 nitrogen and oxygen atoms in total. The lowest BCUT2D eigenvalue weighted by molar-refractivity contribution is -0.136. The van der Waals surface area contributed by atoms with Gasteiger partial charge in [-0.15, -0.1) is 0 Å². The summed E-state index contributed by atoms with van der Waals surface area (Å²) in [4.78, 5) is 40.7. The third-order valence-corrected chi connectivity index (χ3v) is 7.65. The third-order valence-electron chi connectivity index (χ3n) is 7.65. The summed E-state index contributed by atoms with van der Waals surface area (Å²) in [6.07, 6.45) is 7.06. The van der Waals surface area contributed by atoms with E-state index in [2.05, 4.69) is 17.1 Å². The standard InChI is InChI=1S/C25H33N3O4/c1-16-10-17(11-16)13-27-9-3-2-4-19(27)15-32-20-5-6-21-18(12-20)14-28(25(21)31)22-7-8-23(29)26-24(22)30/h5-6,12,16-17,19,22H,2-4,7-11,13-15H2,1H3,(H,26,29,30). The highest BCUT2D eigenvalue weighted by atomic mass is 16.5. The van der Waals surface area contributed by atoms with E-state index in [1.807, 2.05) is 18.2 Å². The van der Waals surface area contributed by atoms with E-state index in [0.29, 0.717) is 31.2 Å². The Kier molecular flexibility index (Phi) is 5.93. The van der Waals surface area contributed by atoms with Crippen molar-refractivity contribution in [3.63, 3.8) is 0 Å². The zero-order chi connectivity index (χ0) is 22.2. The van der Waals surface area contributed by atoms with Gasteiger partial charge in [0, 0.05) is 31.1 Å². The van der Waals surface area contributed by atoms with Crippen molar-refractivity contribution in [1.29, 1.82) is 0 Å². The van der Waals surface area contributed by atoms with Crippen LogP contribution in [0.15, 0.2) is 18.2 Å². The van der Waals surface area contributed by atoms with Crippen molar-refractivity contribution in [3.05, 3.63) is 29.3 Å². The number of hydrogen-bond donors (Lipinski definition) is 1. The smallest absolute Gasteiger partial charge is 0.255 e. The van der Waals surface area contributed by atoms with Gasteiger partial charge in [-0.3, -0.25) is 24.6 Å². The van der Waals surface area contributed by atoms with Gasteiger partial charge in [0.05, 0.1) is 0 Å². The normalized spacial score (nSPS) is 30.7. The number of nitrogens with one attached hydrogen (secondary N) is 1. The number of imide groups is 1. The fourth-order valence-electron chi connectivity index (χ4n) is 5.87. The van der Waals surface area contributed by atoms with Crippen LogP contribution < -0.4 is 10.1 Å². The maximum absolute atomic E-state index is 12.9. The first-order valence-electron chi connectivity index (χ1n) is 12.1. The highest BCUT2D eigenvalue weighted by Gasteiger charge is 2.39. The maximum atomic E-state index is 12.9. The SMILES string of the molecule is CC1CC(CN2CCCCC2COc2ccc3c(c2)CN(C2CCC(=O)NC2=O)C3=O)C1. The number of nitrogens with zero attached hydrogens (tertiary/aromatic N) is 2. The molecule has 4 aliphatic rings. The quantitative estimate of drug-likeness (QED) is 0.690. The molecule has 1 aliphatic carbocycles. The van der Waals surface area contributed by atoms with Crippen molar-refractivity contribution in [2.75, 3.05) is 19.7 Å². The van der Waals surface area contributed by atoms with E-state index in [9.17, 15) is 14.4 Å². The molecule has 32 heavy (non-hydrogen) atoms. The van der Waals surface area contributed by atoms with Crippen molar-refractivity contribution in [2.24, 2.45) is 11.8 Å². The molecule has 0 spiro atoms. The predicted molar refractivity (Wildman–Crippen MR) is 119 cm³/mol. The van der Waals surface area contributed by atoms with E-state index in [1.165, 1.54) is 45.2 Å². The van der Waals surface area contributed by atoms with Crippen LogP contribution in [0, 0.1) is 11.8 Å². The zero-order valence-corrected chi connectivity index (χ0v) is 18.8. The van der Waals surface area contributed by atoms with Gasteiger partial charge in [0.15, 0.2) is 0 Å². The van der Waals surface area contributed by atoms with Gasteiger partial charge in [-0.2, -0.15) is 0 Å². The van der Waals surface area contributed by atoms with Crippen LogP contribution in [0.4, 0.5) is 0 Å². The summed E-state index contributed by atoms with van der Waals surface area (Å²) in [5.41, 5.74) is 1.52. The summed E-state index contributed by atoms with van der Waals surface area (Å²) in [6.45, 7) is 5.75. The molecule has 172 valence electrons. The number of amides is 3. The van der Waals surface area contributed by atoms with Gasteiger partial charge >= 0.3 is 0 Å². The van der Waals surface area contributed by atoms with Crippen LogP contribution in [0.25, 0.3) is 0 Å². The van der Waals surface area contributed by atoms with Crippen molar-refractivity contribution >= 4 is 17.7 Å². The van der Waals surface area contributed by atoms with Crippen LogP contribution in [0.3, 0.4) is 0 Å². The second-order valence-corrected chi connectivity index (χ2v) is 10.1. The Balaban J connectivity index is 1.20. The molecule has 3 heterocycles. The summed E-state index contributed by atoms with van der Waals surface area (Å²) < 4.78 is 6.21. The average molecular weight is 440 g/mol. The number of piperidine rings is 2. The topological polar surface area (TPSA) is 79.0 Å². The van der Waals surface area contributed by atoms with Crippen LogP contribution in [-0.2, 0) is 16.1 Å². The minimum absolute atomic E-state index is 0.144. The number of benzene rings is 1. The molecule has 2 atom stereocenters. The summed E-state index contributed by atoms with van der Waals surface area (Å²) >= 11 is 0. The lowest BCUT2D eigenvalue weighted by Crippen LogP contribution is -2.52. The fourth-order valence-corrected chi connectivity index (χ4v) is 5.87. The first-order valence-corrected chi connectivity index (χ1v) is 12.1. The van der Waals surface area contributed by atoms with Gasteiger partial charge in [0.1, 0.15) is 18.4 Å². The molecule has 0 radical (unpaired) electrons. The molecular weight excluding hydrogens is 406 g/mol. The van der Waals surface area contributed by atoms with E-state index < -0.39 is 6.04 Å². The number of likely N-dealkylation sites (tertiary alicyclic amines) is 1. The maximum Gasteiger partial charge on any atom is 0.255 e. The Morgan fingerprint density at radius 2 is 1.97 bits per heavy atom. The highest BCUT2D eigenvalue weighted by Crippen LogP contribution is 2.35. The van der Waals surface area contributed by atoms with Gasteiger partial charge in [-0.05, 0) is 74.2 Å². The predicted octanol–water partition coefficient (Wildman–Crippen LogP) is 2.73. The number of carbonyl (C=O) groups excluding carboxylic acids is 3. The second kappa shape index (κ2) is 8.85. The minimum Gasteiger partial charge on any atom is -0.492 e. The molecule has 2 saturated heterocycles. The average Bonchev–Trinajstić information content (AvgIpc) is 3.07. The molecule has 3 aliphatic heterocycles. The van der Waals surface area contributed by atoms with Crippen LogP contribution in [0.2, 0.25) is 0 Å². The van der Waals surface area contributed by atoms with Gasteiger partial charge in [0.25, 0.3) is 5.91 Å². The molecule has 2 unspecified atom stereocenters. The zero-order valence-electron chi connectivity index (χ0n) is 18.8. The first kappa shape index (κ1) is 21.4. The molecule has 7 heteroatoms. The number of hydrogen-bond acceptors (Lipinski definition) is 5. The first-order chi connectivity index (χ1) is 15.5. The van der Waals surface area contributed by atoms with Crippen molar-refractivity contribution in [1.82, 2.24) is 15.1 Å². The summed E-state index contributed by atoms with van der Waals surface area (Å²) in [5, 5.41) is 2.35. The highest BCUT2D eigenvalue weighted by molar-refractivity contribution is 6.05. The van der Waals surface area contributed by atoms with E-state index in [-0.39, 0.29) is 24.1 Å². The minimum atomic E-state index is -0.581. The van der Waals surface area contributed by atoms with Crippen LogP contribution >= 0.6 is 0 Å². The van der Waals surface area contributed by atoms with E-state index in [1.54, 1.807) is 4.90 Å². The number of rotatable bonds is 6. The van der Waals surface area contributed by atoms with Crippen LogP contribution in [-0.4, -0.2) is 59.3 Å². The molecule has 3 fully saturated rings. The van der Waals surface area contributed by atoms with Crippen molar-refractivity contribution in [2.45, 2.75) is 70.5 Å². The van der Waals surface area contributed by atoms with Gasteiger partial charge in [-0.25, -0.2) is 0 Å². The van der Waals surface area contributed by atoms with E-state index >= 15 is 0 Å². The fraction of sp³-hybridized carbons (Fsp3) is 0.640. The molecule has 5 rings (SSSR count). The van der Waals surface area contributed by atoms with Crippen LogP contribution in [0.5, 0.6) is 5.75 Å².